The first-order chi connectivity index (χ1) is 15.2. The molecule has 0 aliphatic heterocycles. The van der Waals surface area contributed by atoms with E-state index in [9.17, 15) is 19.8 Å². The molecule has 0 saturated heterocycles. The standard InChI is InChI=1S/C26H42O6/c1-5-7-18-12-19-9-8-17(4)22(11-10-20(27)14-21(28)15-24(29)30)25(19)23(13-18)32-26(31)16(3)6-2/h5,7-9,16-23,25,27-28H,6,10-15H2,1-4H3,(H,29,30)/b7-5+/t16-,17-,18-,19-,20+,21+,22-,23-,25-/m0/s1. The maximum atomic E-state index is 12.7. The van der Waals surface area contributed by atoms with E-state index in [1.165, 1.54) is 0 Å². The topological polar surface area (TPSA) is 104 Å². The van der Waals surface area contributed by atoms with Gasteiger partial charge < -0.3 is 20.1 Å². The SMILES string of the molecule is C/C=C/[C@@H]1C[C@H](OC(=O)[C@@H](C)CC)[C@@H]2[C@@H](CC[C@@H](O)C[C@@H](O)CC(=O)O)[C@@H](C)C=C[C@H]2C1. The number of aliphatic carboxylic acids is 1. The van der Waals surface area contributed by atoms with Crippen LogP contribution in [0.1, 0.15) is 72.6 Å². The van der Waals surface area contributed by atoms with Gasteiger partial charge in [0.1, 0.15) is 6.10 Å². The van der Waals surface area contributed by atoms with Crippen molar-refractivity contribution in [1.82, 2.24) is 0 Å². The van der Waals surface area contributed by atoms with Gasteiger partial charge in [-0.15, -0.1) is 0 Å². The summed E-state index contributed by atoms with van der Waals surface area (Å²) in [5, 5.41) is 29.1. The lowest BCUT2D eigenvalue weighted by molar-refractivity contribution is -0.163. The highest BCUT2D eigenvalue weighted by molar-refractivity contribution is 5.72. The lowest BCUT2D eigenvalue weighted by Gasteiger charge is -2.47. The molecule has 2 rings (SSSR count). The summed E-state index contributed by atoms with van der Waals surface area (Å²) in [5.74, 6) is 0.163. The highest BCUT2D eigenvalue weighted by atomic mass is 16.5. The molecule has 0 unspecified atom stereocenters. The summed E-state index contributed by atoms with van der Waals surface area (Å²) in [7, 11) is 0. The first-order valence-electron chi connectivity index (χ1n) is 12.3. The molecule has 1 fully saturated rings. The fourth-order valence-corrected chi connectivity index (χ4v) is 5.49. The fourth-order valence-electron chi connectivity index (χ4n) is 5.49. The zero-order valence-electron chi connectivity index (χ0n) is 20.0. The third kappa shape index (κ3) is 7.45. The predicted molar refractivity (Wildman–Crippen MR) is 124 cm³/mol. The Balaban J connectivity index is 2.13. The molecule has 0 spiro atoms. The van der Waals surface area contributed by atoms with E-state index in [2.05, 4.69) is 31.2 Å². The van der Waals surface area contributed by atoms with Crippen molar-refractivity contribution >= 4 is 11.9 Å². The zero-order valence-corrected chi connectivity index (χ0v) is 20.0. The Morgan fingerprint density at radius 2 is 1.91 bits per heavy atom. The molecule has 0 aromatic rings. The van der Waals surface area contributed by atoms with E-state index < -0.39 is 18.2 Å². The molecule has 32 heavy (non-hydrogen) atoms. The van der Waals surface area contributed by atoms with Crippen LogP contribution in [-0.2, 0) is 14.3 Å². The van der Waals surface area contributed by atoms with Gasteiger partial charge in [-0.1, -0.05) is 45.1 Å². The summed E-state index contributed by atoms with van der Waals surface area (Å²) in [6.45, 7) is 8.10. The molecular weight excluding hydrogens is 408 g/mol. The number of fused-ring (bicyclic) bond motifs is 1. The molecule has 9 atom stereocenters. The van der Waals surface area contributed by atoms with Gasteiger partial charge in [0, 0.05) is 5.92 Å². The average molecular weight is 451 g/mol. The summed E-state index contributed by atoms with van der Waals surface area (Å²) in [5.41, 5.74) is 0. The molecule has 0 radical (unpaired) electrons. The zero-order chi connectivity index (χ0) is 23.8. The normalized spacial score (nSPS) is 32.8. The minimum absolute atomic E-state index is 0.0626. The van der Waals surface area contributed by atoms with Gasteiger partial charge in [-0.3, -0.25) is 9.59 Å². The minimum Gasteiger partial charge on any atom is -0.481 e. The number of carbonyl (C=O) groups is 2. The third-order valence-corrected chi connectivity index (χ3v) is 7.40. The van der Waals surface area contributed by atoms with E-state index in [1.54, 1.807) is 0 Å². The lowest BCUT2D eigenvalue weighted by atomic mass is 9.60. The van der Waals surface area contributed by atoms with E-state index in [1.807, 2.05) is 20.8 Å². The van der Waals surface area contributed by atoms with Crippen LogP contribution in [0.4, 0.5) is 0 Å². The number of rotatable bonds is 11. The van der Waals surface area contributed by atoms with Crippen LogP contribution in [0.2, 0.25) is 0 Å². The van der Waals surface area contributed by atoms with Crippen molar-refractivity contribution in [2.45, 2.75) is 91.0 Å². The molecule has 0 amide bonds. The molecule has 1 saturated carbocycles. The molecule has 0 aromatic carbocycles. The van der Waals surface area contributed by atoms with Gasteiger partial charge in [0.15, 0.2) is 0 Å². The summed E-state index contributed by atoms with van der Waals surface area (Å²) in [6.07, 6.45) is 10.5. The van der Waals surface area contributed by atoms with E-state index in [0.29, 0.717) is 24.2 Å². The highest BCUT2D eigenvalue weighted by Crippen LogP contribution is 2.48. The van der Waals surface area contributed by atoms with E-state index in [0.717, 1.165) is 25.7 Å². The molecule has 2 aliphatic rings. The van der Waals surface area contributed by atoms with Gasteiger partial charge >= 0.3 is 11.9 Å². The predicted octanol–water partition coefficient (Wildman–Crippen LogP) is 4.35. The molecule has 0 heterocycles. The van der Waals surface area contributed by atoms with Crippen molar-refractivity contribution < 1.29 is 29.6 Å². The van der Waals surface area contributed by atoms with E-state index in [4.69, 9.17) is 9.84 Å². The van der Waals surface area contributed by atoms with Crippen LogP contribution >= 0.6 is 0 Å². The van der Waals surface area contributed by atoms with Crippen LogP contribution in [0.5, 0.6) is 0 Å². The van der Waals surface area contributed by atoms with Crippen LogP contribution < -0.4 is 0 Å². The number of hydrogen-bond acceptors (Lipinski definition) is 5. The average Bonchev–Trinajstić information content (AvgIpc) is 2.72. The fraction of sp³-hybridized carbons (Fsp3) is 0.769. The maximum Gasteiger partial charge on any atom is 0.308 e. The second-order valence-corrected chi connectivity index (χ2v) is 9.91. The second-order valence-electron chi connectivity index (χ2n) is 9.91. The Labute approximate surface area is 192 Å². The third-order valence-electron chi connectivity index (χ3n) is 7.40. The molecule has 3 N–H and O–H groups in total. The summed E-state index contributed by atoms with van der Waals surface area (Å²) < 4.78 is 6.11. The Kier molecular flexibility index (Phi) is 10.4. The Morgan fingerprint density at radius 3 is 2.53 bits per heavy atom. The lowest BCUT2D eigenvalue weighted by Crippen LogP contribution is -2.46. The van der Waals surface area contributed by atoms with Crippen LogP contribution in [0.25, 0.3) is 0 Å². The van der Waals surface area contributed by atoms with E-state index in [-0.39, 0.29) is 42.7 Å². The number of aliphatic hydroxyl groups excluding tert-OH is 2. The van der Waals surface area contributed by atoms with Crippen molar-refractivity contribution in [3.05, 3.63) is 24.3 Å². The van der Waals surface area contributed by atoms with Crippen molar-refractivity contribution in [3.8, 4) is 0 Å². The Morgan fingerprint density at radius 1 is 1.19 bits per heavy atom. The van der Waals surface area contributed by atoms with Crippen molar-refractivity contribution in [2.75, 3.05) is 0 Å². The highest BCUT2D eigenvalue weighted by Gasteiger charge is 2.45. The molecule has 0 bridgehead atoms. The number of carboxylic acids is 1. The summed E-state index contributed by atoms with van der Waals surface area (Å²) >= 11 is 0. The largest absolute Gasteiger partial charge is 0.481 e. The molecule has 2 aliphatic carbocycles. The van der Waals surface area contributed by atoms with Gasteiger partial charge in [-0.2, -0.15) is 0 Å². The molecule has 6 nitrogen and oxygen atoms in total. The van der Waals surface area contributed by atoms with Gasteiger partial charge in [0.25, 0.3) is 0 Å². The first kappa shape index (κ1) is 26.6. The molecule has 6 heteroatoms. The molecule has 0 aromatic heterocycles. The second kappa shape index (κ2) is 12.5. The van der Waals surface area contributed by atoms with Crippen LogP contribution in [-0.4, -0.2) is 45.6 Å². The van der Waals surface area contributed by atoms with Crippen LogP contribution in [0.15, 0.2) is 24.3 Å². The number of esters is 1. The van der Waals surface area contributed by atoms with E-state index >= 15 is 0 Å². The monoisotopic (exact) mass is 450 g/mol. The number of allylic oxidation sites excluding steroid dienone is 4. The van der Waals surface area contributed by atoms with Crippen molar-refractivity contribution in [2.24, 2.45) is 35.5 Å². The smallest absolute Gasteiger partial charge is 0.308 e. The van der Waals surface area contributed by atoms with Gasteiger partial charge in [-0.05, 0) is 69.1 Å². The number of aliphatic hydroxyl groups is 2. The van der Waals surface area contributed by atoms with Crippen molar-refractivity contribution in [3.63, 3.8) is 0 Å². The van der Waals surface area contributed by atoms with Crippen LogP contribution in [0.3, 0.4) is 0 Å². The number of ether oxygens (including phenoxy) is 1. The van der Waals surface area contributed by atoms with Crippen molar-refractivity contribution in [1.29, 1.82) is 0 Å². The van der Waals surface area contributed by atoms with Gasteiger partial charge in [0.05, 0.1) is 24.5 Å². The quantitative estimate of drug-likeness (QED) is 0.319. The molecule has 182 valence electrons. The number of carboxylic acid groups (broad SMARTS) is 1. The number of hydrogen-bond donors (Lipinski definition) is 3. The Bertz CT molecular complexity index is 671. The van der Waals surface area contributed by atoms with Gasteiger partial charge in [0.2, 0.25) is 0 Å². The number of carbonyl (C=O) groups excluding carboxylic acids is 1. The van der Waals surface area contributed by atoms with Crippen LogP contribution in [0, 0.1) is 35.5 Å². The Hall–Kier alpha value is -1.66. The minimum atomic E-state index is -1.07. The summed E-state index contributed by atoms with van der Waals surface area (Å²) in [4.78, 5) is 23.4. The first-order valence-corrected chi connectivity index (χ1v) is 12.3. The maximum absolute atomic E-state index is 12.7. The van der Waals surface area contributed by atoms with Gasteiger partial charge in [-0.25, -0.2) is 0 Å². The molecular formula is C26H42O6. The summed E-state index contributed by atoms with van der Waals surface area (Å²) in [6, 6.07) is 0.